The van der Waals surface area contributed by atoms with Crippen molar-refractivity contribution in [1.82, 2.24) is 0 Å². The Morgan fingerprint density at radius 2 is 1.54 bits per heavy atom. The van der Waals surface area contributed by atoms with E-state index in [4.69, 9.17) is 10.2 Å². The lowest BCUT2D eigenvalue weighted by molar-refractivity contribution is 0.453. The van der Waals surface area contributed by atoms with Gasteiger partial charge in [0.2, 0.25) is 0 Å². The van der Waals surface area contributed by atoms with Gasteiger partial charge in [-0.25, -0.2) is 0 Å². The van der Waals surface area contributed by atoms with Crippen LogP contribution < -0.4 is 0 Å². The fraction of sp³-hybridized carbons (Fsp3) is 0. The van der Waals surface area contributed by atoms with Gasteiger partial charge in [0.25, 0.3) is 0 Å². The summed E-state index contributed by atoms with van der Waals surface area (Å²) in [5, 5.41) is 28.9. The SMILES string of the molecule is Oc1cc(O)c2cc(O)ccc2c1. The van der Waals surface area contributed by atoms with Crippen molar-refractivity contribution >= 4 is 10.8 Å². The molecular formula is C10H8O3. The standard InChI is InChI=1S/C10H8O3/c11-7-2-1-6-3-8(12)5-10(13)9(6)4-7/h1-5,11-13H. The summed E-state index contributed by atoms with van der Waals surface area (Å²) >= 11 is 0. The minimum Gasteiger partial charge on any atom is -0.508 e. The highest BCUT2D eigenvalue weighted by Gasteiger charge is 2.02. The van der Waals surface area contributed by atoms with E-state index >= 15 is 0 Å². The Morgan fingerprint density at radius 1 is 0.769 bits per heavy atom. The first-order valence-corrected chi connectivity index (χ1v) is 3.81. The van der Waals surface area contributed by atoms with Crippen molar-refractivity contribution in [3.8, 4) is 17.2 Å². The molecule has 0 radical (unpaired) electrons. The third-order valence-corrected chi connectivity index (χ3v) is 1.90. The van der Waals surface area contributed by atoms with Crippen LogP contribution in [0.4, 0.5) is 0 Å². The molecule has 0 amide bonds. The molecule has 66 valence electrons. The van der Waals surface area contributed by atoms with Crippen molar-refractivity contribution in [1.29, 1.82) is 0 Å². The van der Waals surface area contributed by atoms with Gasteiger partial charge in [0, 0.05) is 11.5 Å². The number of rotatable bonds is 0. The molecule has 0 spiro atoms. The lowest BCUT2D eigenvalue weighted by atomic mass is 10.1. The summed E-state index contributed by atoms with van der Waals surface area (Å²) in [6, 6.07) is 7.34. The topological polar surface area (TPSA) is 60.7 Å². The highest BCUT2D eigenvalue weighted by molar-refractivity contribution is 5.90. The minimum atomic E-state index is -0.0362. The van der Waals surface area contributed by atoms with Gasteiger partial charge in [-0.3, -0.25) is 0 Å². The van der Waals surface area contributed by atoms with Crippen molar-refractivity contribution in [2.24, 2.45) is 0 Å². The Balaban J connectivity index is 2.87. The van der Waals surface area contributed by atoms with Crippen molar-refractivity contribution in [2.75, 3.05) is 0 Å². The van der Waals surface area contributed by atoms with Crippen LogP contribution in [0.1, 0.15) is 0 Å². The maximum absolute atomic E-state index is 9.41. The summed E-state index contributed by atoms with van der Waals surface area (Å²) < 4.78 is 0. The molecule has 0 aliphatic rings. The van der Waals surface area contributed by atoms with E-state index in [9.17, 15) is 5.11 Å². The lowest BCUT2D eigenvalue weighted by Crippen LogP contribution is -1.74. The molecule has 13 heavy (non-hydrogen) atoms. The van der Waals surface area contributed by atoms with Gasteiger partial charge in [0.15, 0.2) is 0 Å². The van der Waals surface area contributed by atoms with Crippen LogP contribution in [0.15, 0.2) is 30.3 Å². The number of hydrogen-bond acceptors (Lipinski definition) is 3. The van der Waals surface area contributed by atoms with Crippen molar-refractivity contribution < 1.29 is 15.3 Å². The van der Waals surface area contributed by atoms with Gasteiger partial charge in [-0.2, -0.15) is 0 Å². The van der Waals surface area contributed by atoms with Gasteiger partial charge in [-0.15, -0.1) is 0 Å². The largest absolute Gasteiger partial charge is 0.508 e. The van der Waals surface area contributed by atoms with Gasteiger partial charge in [0.05, 0.1) is 0 Å². The predicted octanol–water partition coefficient (Wildman–Crippen LogP) is 1.96. The van der Waals surface area contributed by atoms with E-state index in [0.717, 1.165) is 0 Å². The Morgan fingerprint density at radius 3 is 2.31 bits per heavy atom. The average Bonchev–Trinajstić information content (AvgIpc) is 2.06. The molecule has 0 saturated heterocycles. The molecule has 0 saturated carbocycles. The molecule has 2 aromatic rings. The van der Waals surface area contributed by atoms with Gasteiger partial charge in [-0.05, 0) is 23.6 Å². The Kier molecular flexibility index (Phi) is 1.52. The maximum atomic E-state index is 9.41. The first-order valence-electron chi connectivity index (χ1n) is 3.81. The molecule has 3 nitrogen and oxygen atoms in total. The Hall–Kier alpha value is -1.90. The molecule has 0 aliphatic carbocycles. The predicted molar refractivity (Wildman–Crippen MR) is 48.9 cm³/mol. The van der Waals surface area contributed by atoms with Gasteiger partial charge < -0.3 is 15.3 Å². The van der Waals surface area contributed by atoms with E-state index in [2.05, 4.69) is 0 Å². The highest BCUT2D eigenvalue weighted by Crippen LogP contribution is 2.31. The second-order valence-electron chi connectivity index (χ2n) is 2.87. The number of phenols is 3. The molecule has 0 aliphatic heterocycles. The van der Waals surface area contributed by atoms with Crippen molar-refractivity contribution in [3.05, 3.63) is 30.3 Å². The van der Waals surface area contributed by atoms with Gasteiger partial charge in [-0.1, -0.05) is 6.07 Å². The zero-order valence-corrected chi connectivity index (χ0v) is 6.73. The van der Waals surface area contributed by atoms with E-state index in [0.29, 0.717) is 10.8 Å². The van der Waals surface area contributed by atoms with Crippen LogP contribution in [-0.4, -0.2) is 15.3 Å². The third kappa shape index (κ3) is 1.24. The summed E-state index contributed by atoms with van der Waals surface area (Å²) in [5.74, 6) is 0.0649. The zero-order chi connectivity index (χ0) is 9.42. The summed E-state index contributed by atoms with van der Waals surface area (Å²) in [7, 11) is 0. The normalized spacial score (nSPS) is 10.5. The fourth-order valence-electron chi connectivity index (χ4n) is 1.31. The van der Waals surface area contributed by atoms with Crippen LogP contribution in [0.25, 0.3) is 10.8 Å². The summed E-state index contributed by atoms with van der Waals surface area (Å²) in [5.41, 5.74) is 0. The van der Waals surface area contributed by atoms with E-state index in [-0.39, 0.29) is 17.2 Å². The number of fused-ring (bicyclic) bond motifs is 1. The average molecular weight is 176 g/mol. The molecule has 0 aromatic heterocycles. The van der Waals surface area contributed by atoms with E-state index in [1.165, 1.54) is 24.3 Å². The van der Waals surface area contributed by atoms with Crippen molar-refractivity contribution in [3.63, 3.8) is 0 Å². The Labute approximate surface area is 74.5 Å². The molecule has 0 fully saturated rings. The van der Waals surface area contributed by atoms with Gasteiger partial charge >= 0.3 is 0 Å². The summed E-state index contributed by atoms with van der Waals surface area (Å²) in [6.45, 7) is 0. The van der Waals surface area contributed by atoms with Crippen LogP contribution in [-0.2, 0) is 0 Å². The molecular weight excluding hydrogens is 168 g/mol. The van der Waals surface area contributed by atoms with Crippen LogP contribution in [0, 0.1) is 0 Å². The number of hydrogen-bond donors (Lipinski definition) is 3. The summed E-state index contributed by atoms with van der Waals surface area (Å²) in [6.07, 6.45) is 0. The summed E-state index contributed by atoms with van der Waals surface area (Å²) in [4.78, 5) is 0. The molecule has 0 heterocycles. The van der Waals surface area contributed by atoms with Gasteiger partial charge in [0.1, 0.15) is 17.2 Å². The van der Waals surface area contributed by atoms with Crippen LogP contribution in [0.5, 0.6) is 17.2 Å². The van der Waals surface area contributed by atoms with Crippen LogP contribution >= 0.6 is 0 Å². The van der Waals surface area contributed by atoms with Crippen LogP contribution in [0.2, 0.25) is 0 Å². The van der Waals surface area contributed by atoms with E-state index in [1.807, 2.05) is 0 Å². The number of aromatic hydroxyl groups is 3. The number of benzene rings is 2. The minimum absolute atomic E-state index is 0.00990. The first-order chi connectivity index (χ1) is 6.16. The van der Waals surface area contributed by atoms with Crippen LogP contribution in [0.3, 0.4) is 0 Å². The first kappa shape index (κ1) is 7.73. The zero-order valence-electron chi connectivity index (χ0n) is 6.73. The fourth-order valence-corrected chi connectivity index (χ4v) is 1.31. The second kappa shape index (κ2) is 2.55. The third-order valence-electron chi connectivity index (χ3n) is 1.90. The maximum Gasteiger partial charge on any atom is 0.127 e. The molecule has 0 unspecified atom stereocenters. The molecule has 0 atom stereocenters. The van der Waals surface area contributed by atoms with E-state index in [1.54, 1.807) is 6.07 Å². The Bertz CT molecular complexity index is 463. The smallest absolute Gasteiger partial charge is 0.127 e. The van der Waals surface area contributed by atoms with E-state index < -0.39 is 0 Å². The second-order valence-corrected chi connectivity index (χ2v) is 2.87. The van der Waals surface area contributed by atoms with Crippen molar-refractivity contribution in [2.45, 2.75) is 0 Å². The lowest BCUT2D eigenvalue weighted by Gasteiger charge is -2.02. The number of phenolic OH excluding ortho intramolecular Hbond substituents is 3. The molecule has 0 bridgehead atoms. The molecule has 3 N–H and O–H groups in total. The quantitative estimate of drug-likeness (QED) is 0.575. The molecule has 2 rings (SSSR count). The monoisotopic (exact) mass is 176 g/mol. The molecule has 2 aromatic carbocycles. The molecule has 3 heteroatoms. The highest BCUT2D eigenvalue weighted by atomic mass is 16.3.